The molecule has 3 nitrogen and oxygen atoms in total. The van der Waals surface area contributed by atoms with Crippen LogP contribution >= 0.6 is 0 Å². The normalized spacial score (nSPS) is 21.9. The van der Waals surface area contributed by atoms with Crippen LogP contribution < -0.4 is 0 Å². The van der Waals surface area contributed by atoms with E-state index in [0.29, 0.717) is 41.0 Å². The van der Waals surface area contributed by atoms with Gasteiger partial charge in [0.05, 0.1) is 12.2 Å². The van der Waals surface area contributed by atoms with Crippen molar-refractivity contribution in [3.8, 4) is 0 Å². The second-order valence-electron chi connectivity index (χ2n) is 13.4. The lowest BCUT2D eigenvalue weighted by Gasteiger charge is -2.49. The van der Waals surface area contributed by atoms with Crippen molar-refractivity contribution in [3.05, 3.63) is 34.4 Å². The Hall–Kier alpha value is -0.683. The summed E-state index contributed by atoms with van der Waals surface area (Å²) >= 11 is 0. The van der Waals surface area contributed by atoms with Gasteiger partial charge in [-0.2, -0.15) is 0 Å². The van der Waals surface area contributed by atoms with Crippen LogP contribution in [0, 0.1) is 11.8 Å². The lowest BCUT2D eigenvalue weighted by Crippen LogP contribution is -2.53. The predicted octanol–water partition coefficient (Wildman–Crippen LogP) is 9.32. The molecule has 208 valence electrons. The zero-order valence-electron chi connectivity index (χ0n) is 25.8. The molecule has 4 heteroatoms. The van der Waals surface area contributed by atoms with Gasteiger partial charge < -0.3 is 14.3 Å². The molecule has 36 heavy (non-hydrogen) atoms. The fraction of sp³-hybridized carbons (Fsp3) is 0.812. The van der Waals surface area contributed by atoms with Crippen LogP contribution in [0.2, 0.25) is 16.6 Å². The van der Waals surface area contributed by atoms with E-state index in [1.165, 1.54) is 22.3 Å². The Bertz CT molecular complexity index is 776. The van der Waals surface area contributed by atoms with Crippen molar-refractivity contribution < 1.29 is 14.3 Å². The topological polar surface area (TPSA) is 38.7 Å². The van der Waals surface area contributed by atoms with Gasteiger partial charge in [-0.05, 0) is 75.9 Å². The van der Waals surface area contributed by atoms with Crippen LogP contribution in [0.25, 0.3) is 0 Å². The summed E-state index contributed by atoms with van der Waals surface area (Å²) in [6.07, 6.45) is 1.09. The van der Waals surface area contributed by atoms with Gasteiger partial charge in [0.25, 0.3) is 0 Å². The molecule has 0 aliphatic heterocycles. The Morgan fingerprint density at radius 3 is 1.61 bits per heavy atom. The van der Waals surface area contributed by atoms with Gasteiger partial charge in [0.2, 0.25) is 0 Å². The molecule has 2 rings (SSSR count). The van der Waals surface area contributed by atoms with Crippen LogP contribution in [-0.4, -0.2) is 32.7 Å². The summed E-state index contributed by atoms with van der Waals surface area (Å²) in [7, 11) is -1.95. The maximum Gasteiger partial charge on any atom is 0.200 e. The molecule has 1 fully saturated rings. The molecule has 0 heterocycles. The molecular formula is C32H58O3Si. The molecule has 0 spiro atoms. The molecule has 1 aromatic carbocycles. The molecular weight excluding hydrogens is 460 g/mol. The highest BCUT2D eigenvalue weighted by Crippen LogP contribution is 2.46. The van der Waals surface area contributed by atoms with Gasteiger partial charge in [-0.3, -0.25) is 0 Å². The van der Waals surface area contributed by atoms with Gasteiger partial charge in [0.15, 0.2) is 8.32 Å². The van der Waals surface area contributed by atoms with Gasteiger partial charge in [-0.25, -0.2) is 0 Å². The number of hydrogen-bond donors (Lipinski definition) is 1. The first kappa shape index (κ1) is 31.5. The SMILES string of the molecule is CC(C)c1cc(C(C)C)c([C@H](C)O[C@H]2C[C@H](CO)[C@H]2CO[Si](C(C)C)(C(C)C)C(C)C)c(C(C)C)c1. The van der Waals surface area contributed by atoms with E-state index >= 15 is 0 Å². The van der Waals surface area contributed by atoms with E-state index in [9.17, 15) is 5.11 Å². The first-order valence-electron chi connectivity index (χ1n) is 14.8. The van der Waals surface area contributed by atoms with Crippen LogP contribution in [0.3, 0.4) is 0 Å². The number of rotatable bonds is 13. The average Bonchev–Trinajstić information content (AvgIpc) is 2.76. The van der Waals surface area contributed by atoms with E-state index < -0.39 is 8.32 Å². The van der Waals surface area contributed by atoms with Crippen molar-refractivity contribution in [2.24, 2.45) is 11.8 Å². The van der Waals surface area contributed by atoms with Crippen molar-refractivity contribution >= 4 is 8.32 Å². The fourth-order valence-corrected chi connectivity index (χ4v) is 12.4. The monoisotopic (exact) mass is 518 g/mol. The fourth-order valence-electron chi connectivity index (χ4n) is 6.92. The van der Waals surface area contributed by atoms with Gasteiger partial charge in [-0.1, -0.05) is 95.2 Å². The van der Waals surface area contributed by atoms with Crippen molar-refractivity contribution in [2.45, 2.75) is 143 Å². The van der Waals surface area contributed by atoms with E-state index in [4.69, 9.17) is 9.16 Å². The summed E-state index contributed by atoms with van der Waals surface area (Å²) in [4.78, 5) is 0. The molecule has 4 atom stereocenters. The molecule has 1 saturated carbocycles. The Kier molecular flexibility index (Phi) is 11.3. The summed E-state index contributed by atoms with van der Waals surface area (Å²) in [6.45, 7) is 31.0. The maximum absolute atomic E-state index is 10.1. The highest BCUT2D eigenvalue weighted by atomic mass is 28.4. The molecule has 0 bridgehead atoms. The second-order valence-corrected chi connectivity index (χ2v) is 18.8. The molecule has 1 aliphatic rings. The van der Waals surface area contributed by atoms with Crippen LogP contribution in [0.15, 0.2) is 12.1 Å². The Balaban J connectivity index is 2.33. The minimum atomic E-state index is -1.95. The van der Waals surface area contributed by atoms with Crippen LogP contribution in [0.1, 0.15) is 143 Å². The average molecular weight is 519 g/mol. The zero-order valence-corrected chi connectivity index (χ0v) is 26.8. The van der Waals surface area contributed by atoms with E-state index in [0.717, 1.165) is 6.42 Å². The summed E-state index contributed by atoms with van der Waals surface area (Å²) in [5.74, 6) is 1.94. The van der Waals surface area contributed by atoms with Gasteiger partial charge in [-0.15, -0.1) is 0 Å². The van der Waals surface area contributed by atoms with Crippen molar-refractivity contribution in [2.75, 3.05) is 13.2 Å². The molecule has 0 saturated heterocycles. The second kappa shape index (κ2) is 12.9. The molecule has 0 aromatic heterocycles. The Morgan fingerprint density at radius 2 is 1.25 bits per heavy atom. The van der Waals surface area contributed by atoms with Crippen LogP contribution in [0.4, 0.5) is 0 Å². The van der Waals surface area contributed by atoms with E-state index in [-0.39, 0.29) is 30.7 Å². The summed E-state index contributed by atoms with van der Waals surface area (Å²) in [5, 5.41) is 10.1. The Morgan fingerprint density at radius 1 is 0.778 bits per heavy atom. The molecule has 1 N–H and O–H groups in total. The Labute approximate surface area is 224 Å². The van der Waals surface area contributed by atoms with E-state index in [2.05, 4.69) is 102 Å². The summed E-state index contributed by atoms with van der Waals surface area (Å²) in [5.41, 5.74) is 7.33. The molecule has 1 aromatic rings. The predicted molar refractivity (Wildman–Crippen MR) is 158 cm³/mol. The zero-order chi connectivity index (χ0) is 27.5. The third-order valence-corrected chi connectivity index (χ3v) is 15.1. The minimum absolute atomic E-state index is 0.0236. The summed E-state index contributed by atoms with van der Waals surface area (Å²) in [6, 6.07) is 4.84. The number of hydrogen-bond acceptors (Lipinski definition) is 3. The number of aliphatic hydroxyl groups is 1. The lowest BCUT2D eigenvalue weighted by atomic mass is 9.71. The number of ether oxygens (including phenoxy) is 1. The van der Waals surface area contributed by atoms with Crippen LogP contribution in [-0.2, 0) is 9.16 Å². The third-order valence-electron chi connectivity index (χ3n) is 9.05. The number of aliphatic hydroxyl groups excluding tert-OH is 1. The first-order chi connectivity index (χ1) is 16.7. The standard InChI is InChI=1S/C32H58O3Si/c1-19(2)26-14-28(20(3)4)32(29(15-26)21(5)6)25(13)35-31-16-27(17-33)30(31)18-34-36(22(7)8,23(9)10)24(11)12/h14-15,19-25,27,30-31,33H,16-18H2,1-13H3/t25-,27+,30+,31-/m0/s1. The molecule has 1 aliphatic carbocycles. The first-order valence-corrected chi connectivity index (χ1v) is 16.9. The highest BCUT2D eigenvalue weighted by molar-refractivity contribution is 6.77. The highest BCUT2D eigenvalue weighted by Gasteiger charge is 2.48. The van der Waals surface area contributed by atoms with Gasteiger partial charge in [0.1, 0.15) is 0 Å². The van der Waals surface area contributed by atoms with E-state index in [1.807, 2.05) is 0 Å². The largest absolute Gasteiger partial charge is 0.416 e. The maximum atomic E-state index is 10.1. The van der Waals surface area contributed by atoms with Crippen molar-refractivity contribution in [1.29, 1.82) is 0 Å². The molecule has 0 amide bonds. The van der Waals surface area contributed by atoms with Gasteiger partial charge in [0, 0.05) is 19.1 Å². The third kappa shape index (κ3) is 6.47. The quantitative estimate of drug-likeness (QED) is 0.264. The lowest BCUT2D eigenvalue weighted by molar-refractivity contribution is -0.140. The number of benzene rings is 1. The van der Waals surface area contributed by atoms with Crippen molar-refractivity contribution in [3.63, 3.8) is 0 Å². The van der Waals surface area contributed by atoms with Gasteiger partial charge >= 0.3 is 0 Å². The smallest absolute Gasteiger partial charge is 0.200 e. The van der Waals surface area contributed by atoms with E-state index in [1.54, 1.807) is 0 Å². The van der Waals surface area contributed by atoms with Crippen LogP contribution in [0.5, 0.6) is 0 Å². The summed E-state index contributed by atoms with van der Waals surface area (Å²) < 4.78 is 13.9. The minimum Gasteiger partial charge on any atom is -0.416 e. The molecule has 0 radical (unpaired) electrons. The molecule has 0 unspecified atom stereocenters. The van der Waals surface area contributed by atoms with Crippen molar-refractivity contribution in [1.82, 2.24) is 0 Å².